The van der Waals surface area contributed by atoms with Crippen LogP contribution in [0, 0.1) is 10.8 Å². The Morgan fingerprint density at radius 2 is 1.67 bits per heavy atom. The molecule has 1 atom stereocenters. The highest BCUT2D eigenvalue weighted by Gasteiger charge is 2.33. The van der Waals surface area contributed by atoms with Crippen LogP contribution in [0.2, 0.25) is 0 Å². The Labute approximate surface area is 318 Å². The van der Waals surface area contributed by atoms with Crippen molar-refractivity contribution < 1.29 is 33.2 Å². The minimum atomic E-state index is -2.78. The molecule has 0 unspecified atom stereocenters. The number of aliphatic carboxylic acids is 1. The van der Waals surface area contributed by atoms with Gasteiger partial charge in [0.05, 0.1) is 53.0 Å². The van der Waals surface area contributed by atoms with Gasteiger partial charge in [0.25, 0.3) is 11.5 Å². The topological polar surface area (TPSA) is 273 Å². The summed E-state index contributed by atoms with van der Waals surface area (Å²) in [5.74, 6) is -1.78. The minimum Gasteiger partial charge on any atom is -0.478 e. The third-order valence-corrected chi connectivity index (χ3v) is 11.2. The third kappa shape index (κ3) is 13.0. The first-order chi connectivity index (χ1) is 25.8. The van der Waals surface area contributed by atoms with Crippen molar-refractivity contribution >= 4 is 56.3 Å². The van der Waals surface area contributed by atoms with E-state index < -0.39 is 45.1 Å². The van der Waals surface area contributed by atoms with Gasteiger partial charge in [-0.15, -0.1) is 4.36 Å². The number of aromatic nitrogens is 4. The van der Waals surface area contributed by atoms with E-state index in [0.717, 1.165) is 0 Å². The number of rotatable bonds is 16. The average molecular weight is 781 g/mol. The highest BCUT2D eigenvalue weighted by Crippen LogP contribution is 2.33. The summed E-state index contributed by atoms with van der Waals surface area (Å²) < 4.78 is 23.0. The fraction of sp³-hybridized carbons (Fsp3) is 0.444. The number of carboxylic acid groups (broad SMARTS) is 1. The summed E-state index contributed by atoms with van der Waals surface area (Å²) in [6, 6.07) is 4.65. The number of nitrogens with zero attached hydrogens (tertiary/aromatic N) is 4. The van der Waals surface area contributed by atoms with E-state index in [-0.39, 0.29) is 96.3 Å². The summed E-state index contributed by atoms with van der Waals surface area (Å²) in [5.41, 5.74) is 5.54. The number of urea groups is 1. The molecule has 0 fully saturated rings. The molecule has 2 aromatic heterocycles. The molecule has 3 aromatic rings. The van der Waals surface area contributed by atoms with Gasteiger partial charge >= 0.3 is 12.0 Å². The number of carbonyl (C=O) groups excluding carboxylic acids is 3. The number of fused-ring (bicyclic) bond motifs is 1. The number of aromatic amines is 1. The molecular weight excluding hydrogens is 733 g/mol. The molecule has 1 aromatic carbocycles. The van der Waals surface area contributed by atoms with E-state index in [9.17, 15) is 33.3 Å². The summed E-state index contributed by atoms with van der Waals surface area (Å²) in [6.45, 7) is 12.2. The second kappa shape index (κ2) is 18.1. The van der Waals surface area contributed by atoms with E-state index >= 15 is 0 Å². The molecule has 1 aliphatic rings. The number of nitrogen functional groups attached to an aromatic ring is 1. The molecule has 296 valence electrons. The number of allylic oxidation sites excluding steroid dienone is 2. The number of nitrogens with two attached hydrogens (primary N) is 1. The number of ether oxygens (including phenoxy) is 1. The predicted octanol–water partition coefficient (Wildman–Crippen LogP) is 2.36. The highest BCUT2D eigenvalue weighted by atomic mass is 32.2. The van der Waals surface area contributed by atoms with Crippen molar-refractivity contribution in [1.82, 2.24) is 35.9 Å². The van der Waals surface area contributed by atoms with Crippen LogP contribution in [0.3, 0.4) is 0 Å². The van der Waals surface area contributed by atoms with E-state index in [0.29, 0.717) is 11.4 Å². The van der Waals surface area contributed by atoms with Crippen LogP contribution in [0.5, 0.6) is 0 Å². The molecule has 4 amide bonds. The first kappa shape index (κ1) is 42.1. The molecule has 0 saturated carbocycles. The molecule has 0 radical (unpaired) electrons. The van der Waals surface area contributed by atoms with E-state index in [1.807, 2.05) is 39.8 Å². The van der Waals surface area contributed by atoms with Gasteiger partial charge in [-0.2, -0.15) is 4.98 Å². The molecule has 0 spiro atoms. The molecule has 0 aliphatic carbocycles. The first-order valence-corrected chi connectivity index (χ1v) is 19.3. The lowest BCUT2D eigenvalue weighted by molar-refractivity contribution is -0.133. The highest BCUT2D eigenvalue weighted by molar-refractivity contribution is 7.94. The molecule has 1 aliphatic heterocycles. The van der Waals surface area contributed by atoms with Crippen molar-refractivity contribution in [2.75, 3.05) is 48.9 Å². The Balaban J connectivity index is 1.17. The molecule has 3 heterocycles. The molecule has 4 rings (SSSR count). The monoisotopic (exact) mass is 780 g/mol. The first-order valence-electron chi connectivity index (χ1n) is 17.5. The van der Waals surface area contributed by atoms with E-state index in [1.54, 1.807) is 12.1 Å². The lowest BCUT2D eigenvalue weighted by Crippen LogP contribution is -2.39. The number of anilines is 2. The number of hydrogen-bond donors (Lipinski definition) is 7. The van der Waals surface area contributed by atoms with Gasteiger partial charge in [0.2, 0.25) is 11.9 Å². The minimum absolute atomic E-state index is 0.0237. The average Bonchev–Trinajstić information content (AvgIpc) is 3.18. The van der Waals surface area contributed by atoms with Crippen LogP contribution >= 0.6 is 0 Å². The van der Waals surface area contributed by atoms with E-state index in [2.05, 4.69) is 52.1 Å². The molecule has 55 heavy (non-hydrogen) atoms. The number of nitrogens with one attached hydrogen (secondary N) is 5. The number of hydrogen-bond acceptors (Lipinski definition) is 12. The maximum atomic E-state index is 13.5. The Bertz CT molecular complexity index is 2110. The zero-order valence-electron chi connectivity index (χ0n) is 31.3. The van der Waals surface area contributed by atoms with Crippen molar-refractivity contribution in [3.8, 4) is 0 Å². The van der Waals surface area contributed by atoms with Crippen molar-refractivity contribution in [3.63, 3.8) is 0 Å². The van der Waals surface area contributed by atoms with E-state index in [4.69, 9.17) is 10.5 Å². The van der Waals surface area contributed by atoms with Crippen molar-refractivity contribution in [2.24, 2.45) is 15.2 Å². The van der Waals surface area contributed by atoms with Gasteiger partial charge in [-0.1, -0.05) is 46.4 Å². The summed E-state index contributed by atoms with van der Waals surface area (Å²) in [5, 5.41) is 20.6. The van der Waals surface area contributed by atoms with Crippen molar-refractivity contribution in [3.05, 3.63) is 76.4 Å². The molecule has 0 bridgehead atoms. The van der Waals surface area contributed by atoms with Crippen LogP contribution in [0.15, 0.2) is 63.9 Å². The van der Waals surface area contributed by atoms with Gasteiger partial charge in [0, 0.05) is 42.3 Å². The number of amides is 4. The van der Waals surface area contributed by atoms with E-state index in [1.165, 1.54) is 18.3 Å². The SMILES string of the molecule is C=C(C(=O)O)[C@H](CCC(=O)NCCOCCNC(=O)N=S1(=O)CC(C)(C)C=CC(C)(C)C1)NC(=O)c1ccc(NCc2cnc3nc(N)[nH]c(=O)c3n2)cc1. The van der Waals surface area contributed by atoms with Crippen LogP contribution in [0.4, 0.5) is 16.4 Å². The van der Waals surface area contributed by atoms with Gasteiger partial charge in [-0.25, -0.2) is 23.8 Å². The Hall–Kier alpha value is -5.69. The van der Waals surface area contributed by atoms with Gasteiger partial charge in [-0.05, 0) is 41.5 Å². The second-order valence-electron chi connectivity index (χ2n) is 14.5. The van der Waals surface area contributed by atoms with Crippen LogP contribution < -0.4 is 32.6 Å². The summed E-state index contributed by atoms with van der Waals surface area (Å²) in [6.07, 6.45) is 5.38. The standard InChI is InChI=1S/C36H48N10O8S/c1-22(32(50)51)26(43-30(48)23-6-8-24(9-7-23)40-18-25-19-41-29-28(42-25)31(49)45-33(37)44-29)10-11-27(47)38-14-16-54-17-15-39-34(52)46-55(53)20-35(2,3)12-13-36(4,5)21-55/h6-9,12-13,19,26,40H,1,10-11,14-18,20-21H2,2-5H3,(H,38,47)(H,39,52)(H,43,48)(H,50,51)(H3,37,41,44,45,49)/t26-/m0/s1. The fourth-order valence-corrected chi connectivity index (χ4v) is 8.80. The number of carboxylic acids is 1. The summed E-state index contributed by atoms with van der Waals surface area (Å²) in [7, 11) is -2.78. The van der Waals surface area contributed by atoms with Gasteiger partial charge in [0.1, 0.15) is 0 Å². The Kier molecular flexibility index (Phi) is 13.8. The largest absolute Gasteiger partial charge is 0.478 e. The number of benzene rings is 1. The zero-order chi connectivity index (χ0) is 40.4. The molecule has 0 saturated heterocycles. The van der Waals surface area contributed by atoms with Gasteiger partial charge < -0.3 is 36.8 Å². The number of H-pyrrole nitrogens is 1. The van der Waals surface area contributed by atoms with Crippen molar-refractivity contribution in [2.45, 2.75) is 53.1 Å². The predicted molar refractivity (Wildman–Crippen MR) is 208 cm³/mol. The Morgan fingerprint density at radius 1 is 1.04 bits per heavy atom. The normalized spacial score (nSPS) is 15.9. The zero-order valence-corrected chi connectivity index (χ0v) is 32.1. The maximum absolute atomic E-state index is 13.5. The molecular formula is C36H48N10O8S. The second-order valence-corrected chi connectivity index (χ2v) is 16.8. The smallest absolute Gasteiger partial charge is 0.349 e. The van der Waals surface area contributed by atoms with Crippen LogP contribution in [0.25, 0.3) is 11.2 Å². The number of carbonyl (C=O) groups is 4. The fourth-order valence-electron chi connectivity index (χ4n) is 5.68. The summed E-state index contributed by atoms with van der Waals surface area (Å²) >= 11 is 0. The lowest BCUT2D eigenvalue weighted by atomic mass is 9.89. The Morgan fingerprint density at radius 3 is 2.31 bits per heavy atom. The molecule has 18 nitrogen and oxygen atoms in total. The van der Waals surface area contributed by atoms with Gasteiger partial charge in [0.15, 0.2) is 11.2 Å². The lowest BCUT2D eigenvalue weighted by Gasteiger charge is -2.22. The van der Waals surface area contributed by atoms with Crippen LogP contribution in [-0.2, 0) is 30.6 Å². The van der Waals surface area contributed by atoms with Crippen molar-refractivity contribution in [1.29, 1.82) is 0 Å². The third-order valence-electron chi connectivity index (χ3n) is 8.29. The maximum Gasteiger partial charge on any atom is 0.349 e. The molecule has 8 N–H and O–H groups in total. The quantitative estimate of drug-likeness (QED) is 0.0626. The summed E-state index contributed by atoms with van der Waals surface area (Å²) in [4.78, 5) is 76.5. The van der Waals surface area contributed by atoms with Crippen LogP contribution in [-0.4, -0.2) is 96.9 Å². The molecule has 19 heteroatoms. The van der Waals surface area contributed by atoms with Gasteiger partial charge in [-0.3, -0.25) is 19.4 Å². The van der Waals surface area contributed by atoms with Crippen LogP contribution in [0.1, 0.15) is 56.6 Å².